The fourth-order valence-corrected chi connectivity index (χ4v) is 6.28. The number of nitrogens with zero attached hydrogens (tertiary/aromatic N) is 1. The summed E-state index contributed by atoms with van der Waals surface area (Å²) in [4.78, 5) is 4.43. The molecule has 1 unspecified atom stereocenters. The Morgan fingerprint density at radius 1 is 0.833 bits per heavy atom. The van der Waals surface area contributed by atoms with Gasteiger partial charge >= 0.3 is 183 Å². The maximum absolute atomic E-state index is 6.53. The minimum atomic E-state index is -1.64. The summed E-state index contributed by atoms with van der Waals surface area (Å²) in [7, 11) is 4.12. The summed E-state index contributed by atoms with van der Waals surface area (Å²) in [5, 5.41) is 0. The Morgan fingerprint density at radius 2 is 1.53 bits per heavy atom. The van der Waals surface area contributed by atoms with Crippen LogP contribution in [-0.4, -0.2) is 34.5 Å². The number of hydrogen-bond donors (Lipinski definition) is 0. The molecule has 1 atom stereocenters. The van der Waals surface area contributed by atoms with E-state index in [0.717, 1.165) is 17.1 Å². The Balaban J connectivity index is 1.76. The van der Waals surface area contributed by atoms with Gasteiger partial charge in [0.2, 0.25) is 0 Å². The zero-order valence-corrected chi connectivity index (χ0v) is 19.3. The van der Waals surface area contributed by atoms with E-state index in [4.69, 9.17) is 8.20 Å². The van der Waals surface area contributed by atoms with Crippen molar-refractivity contribution in [2.75, 3.05) is 25.6 Å². The summed E-state index contributed by atoms with van der Waals surface area (Å²) in [6, 6.07) is 27.4. The summed E-state index contributed by atoms with van der Waals surface area (Å²) < 4.78 is 13.4. The molecule has 1 aliphatic rings. The first-order valence-corrected chi connectivity index (χ1v) is 12.6. The van der Waals surface area contributed by atoms with Crippen molar-refractivity contribution in [1.29, 1.82) is 0 Å². The van der Waals surface area contributed by atoms with Crippen LogP contribution in [-0.2, 0) is 3.47 Å². The zero-order valence-electron chi connectivity index (χ0n) is 17.5. The molecular weight excluding hydrogens is 437 g/mol. The summed E-state index contributed by atoms with van der Waals surface area (Å²) >= 11 is -1.64. The topological polar surface area (TPSA) is 23.8 Å². The number of rotatable bonds is 6. The molecule has 0 aromatic heterocycles. The molecular formula is C26H26NO2Se+. The number of hydrogen-bond acceptors (Lipinski definition) is 2. The van der Waals surface area contributed by atoms with Gasteiger partial charge in [0.15, 0.2) is 0 Å². The van der Waals surface area contributed by atoms with Crippen LogP contribution in [0.1, 0.15) is 18.1 Å². The van der Waals surface area contributed by atoms with Crippen LogP contribution >= 0.6 is 0 Å². The molecule has 3 nitrogen and oxygen atoms in total. The first-order chi connectivity index (χ1) is 14.6. The normalized spacial score (nSPS) is 15.6. The van der Waals surface area contributed by atoms with E-state index in [1.807, 2.05) is 25.1 Å². The molecule has 0 amide bonds. The van der Waals surface area contributed by atoms with Gasteiger partial charge in [-0.1, -0.05) is 0 Å². The van der Waals surface area contributed by atoms with Crippen molar-refractivity contribution >= 4 is 35.3 Å². The van der Waals surface area contributed by atoms with Gasteiger partial charge in [0, 0.05) is 0 Å². The molecule has 0 aliphatic carbocycles. The van der Waals surface area contributed by atoms with E-state index in [2.05, 4.69) is 90.7 Å². The van der Waals surface area contributed by atoms with Crippen LogP contribution in [0.15, 0.2) is 89.9 Å². The Labute approximate surface area is 182 Å². The average Bonchev–Trinajstić information content (AvgIpc) is 2.80. The molecule has 0 saturated heterocycles. The van der Waals surface area contributed by atoms with E-state index in [0.29, 0.717) is 6.61 Å². The van der Waals surface area contributed by atoms with Gasteiger partial charge in [-0.25, -0.2) is 0 Å². The molecule has 0 N–H and O–H groups in total. The third-order valence-electron chi connectivity index (χ3n) is 4.84. The van der Waals surface area contributed by atoms with Crippen LogP contribution in [0, 0.1) is 0 Å². The van der Waals surface area contributed by atoms with Crippen LogP contribution < -0.4 is 14.1 Å². The molecule has 4 heteroatoms. The van der Waals surface area contributed by atoms with E-state index >= 15 is 0 Å². The number of benzene rings is 3. The van der Waals surface area contributed by atoms with Crippen LogP contribution in [0.2, 0.25) is 0 Å². The van der Waals surface area contributed by atoms with E-state index in [9.17, 15) is 0 Å². The molecule has 0 fully saturated rings. The summed E-state index contributed by atoms with van der Waals surface area (Å²) in [6.07, 6.45) is 2.16. The monoisotopic (exact) mass is 464 g/mol. The molecule has 3 aromatic rings. The van der Waals surface area contributed by atoms with Crippen molar-refractivity contribution in [2.24, 2.45) is 0 Å². The van der Waals surface area contributed by atoms with Gasteiger partial charge in [0.05, 0.1) is 0 Å². The molecule has 1 aliphatic heterocycles. The SMILES string of the molecule is CCOc1ccc([Se]2=[O+]C(c3ccccc3)=CC(c3ccc(N(C)C)cc3)=C2)cc1. The van der Waals surface area contributed by atoms with Gasteiger partial charge in [-0.2, -0.15) is 0 Å². The van der Waals surface area contributed by atoms with Crippen LogP contribution in [0.4, 0.5) is 5.69 Å². The molecule has 0 saturated carbocycles. The number of anilines is 1. The second-order valence-electron chi connectivity index (χ2n) is 7.17. The van der Waals surface area contributed by atoms with Crippen molar-refractivity contribution in [1.82, 2.24) is 0 Å². The second-order valence-corrected chi connectivity index (χ2v) is 10.3. The van der Waals surface area contributed by atoms with E-state index in [-0.39, 0.29) is 0 Å². The second kappa shape index (κ2) is 9.25. The minimum absolute atomic E-state index is 0.670. The Hall–Kier alpha value is -2.94. The van der Waals surface area contributed by atoms with E-state index in [1.165, 1.54) is 21.3 Å². The summed E-state index contributed by atoms with van der Waals surface area (Å²) in [6.45, 7) is 2.67. The van der Waals surface area contributed by atoms with Crippen molar-refractivity contribution in [3.63, 3.8) is 0 Å². The van der Waals surface area contributed by atoms with Gasteiger partial charge < -0.3 is 0 Å². The first kappa shape index (κ1) is 20.3. The molecule has 30 heavy (non-hydrogen) atoms. The first-order valence-electron chi connectivity index (χ1n) is 10.0. The molecule has 0 bridgehead atoms. The van der Waals surface area contributed by atoms with Crippen LogP contribution in [0.25, 0.3) is 11.3 Å². The predicted molar refractivity (Wildman–Crippen MR) is 127 cm³/mol. The van der Waals surface area contributed by atoms with Gasteiger partial charge in [0.25, 0.3) is 0 Å². The fraction of sp³-hybridized carbons (Fsp3) is 0.154. The Bertz CT molecular complexity index is 1100. The van der Waals surface area contributed by atoms with Gasteiger partial charge in [-0.3, -0.25) is 0 Å². The standard InChI is InChI=1S/C26H26NO2Se/c1-4-28-24-14-16-25(17-15-24)30-19-22(20-10-12-23(13-11-20)27(2)3)18-26(29-30)21-8-6-5-7-9-21/h5-19H,4H2,1-3H3/q+1. The maximum atomic E-state index is 6.53. The molecule has 3 aromatic carbocycles. The third kappa shape index (κ3) is 4.62. The Kier molecular flexibility index (Phi) is 6.27. The van der Waals surface area contributed by atoms with Crippen molar-refractivity contribution in [3.05, 3.63) is 101 Å². The zero-order chi connectivity index (χ0) is 20.9. The molecule has 0 radical (unpaired) electrons. The molecule has 152 valence electrons. The molecule has 0 spiro atoms. The predicted octanol–water partition coefficient (Wildman–Crippen LogP) is 4.99. The summed E-state index contributed by atoms with van der Waals surface area (Å²) in [5.74, 6) is 1.83. The van der Waals surface area contributed by atoms with Gasteiger partial charge in [-0.15, -0.1) is 0 Å². The van der Waals surface area contributed by atoms with E-state index < -0.39 is 13.8 Å². The fourth-order valence-electron chi connectivity index (χ4n) is 3.23. The molecule has 4 rings (SSSR count). The number of ether oxygens (including phenoxy) is 1. The van der Waals surface area contributed by atoms with Gasteiger partial charge in [0.1, 0.15) is 0 Å². The van der Waals surface area contributed by atoms with Crippen LogP contribution in [0.3, 0.4) is 0 Å². The summed E-state index contributed by atoms with van der Waals surface area (Å²) in [5.41, 5.74) is 4.71. The molecule has 1 heterocycles. The van der Waals surface area contributed by atoms with Gasteiger partial charge in [-0.05, 0) is 0 Å². The van der Waals surface area contributed by atoms with Crippen LogP contribution in [0.5, 0.6) is 5.75 Å². The van der Waals surface area contributed by atoms with Crippen molar-refractivity contribution in [2.45, 2.75) is 6.92 Å². The number of allylic oxidation sites excluding steroid dienone is 2. The quantitative estimate of drug-likeness (QED) is 0.380. The average molecular weight is 463 g/mol. The third-order valence-corrected chi connectivity index (χ3v) is 8.12. The Morgan fingerprint density at radius 3 is 2.17 bits per heavy atom. The van der Waals surface area contributed by atoms with Crippen molar-refractivity contribution in [3.8, 4) is 5.75 Å². The van der Waals surface area contributed by atoms with E-state index in [1.54, 1.807) is 0 Å². The van der Waals surface area contributed by atoms with Crippen molar-refractivity contribution < 1.29 is 8.20 Å².